The number of ether oxygens (including phenoxy) is 1. The van der Waals surface area contributed by atoms with Crippen LogP contribution in [0.1, 0.15) is 406 Å². The van der Waals surface area contributed by atoms with Gasteiger partial charge in [-0.05, 0) is 57.8 Å². The van der Waals surface area contributed by atoms with Crippen LogP contribution < -0.4 is 5.32 Å². The summed E-state index contributed by atoms with van der Waals surface area (Å²) in [7, 11) is 0. The van der Waals surface area contributed by atoms with Crippen LogP contribution in [0.2, 0.25) is 0 Å². The SMILES string of the molecule is CCCCCC/C=C\CCCCCCCC(=O)OCCCCCCCCCCCCCCCCCCCCCCCCCCCCC(=O)NC(CO)C(O)/C=C/CCCCCCCCCCCCCCCCCCCCCCC. The number of amides is 1. The summed E-state index contributed by atoms with van der Waals surface area (Å²) in [6.45, 7) is 4.93. The molecule has 0 aliphatic carbocycles. The number of aliphatic hydroxyl groups excluding tert-OH is 2. The molecule has 0 aliphatic heterocycles. The van der Waals surface area contributed by atoms with Crippen molar-refractivity contribution in [1.29, 1.82) is 0 Å². The highest BCUT2D eigenvalue weighted by Gasteiger charge is 2.18. The van der Waals surface area contributed by atoms with Crippen LogP contribution >= 0.6 is 0 Å². The van der Waals surface area contributed by atoms with Crippen molar-refractivity contribution in [2.75, 3.05) is 13.2 Å². The molecule has 79 heavy (non-hydrogen) atoms. The first-order chi connectivity index (χ1) is 39.0. The minimum Gasteiger partial charge on any atom is -0.466 e. The van der Waals surface area contributed by atoms with Gasteiger partial charge in [0.05, 0.1) is 25.4 Å². The minimum absolute atomic E-state index is 0.00836. The number of hydrogen-bond acceptors (Lipinski definition) is 5. The van der Waals surface area contributed by atoms with E-state index in [0.29, 0.717) is 19.4 Å². The van der Waals surface area contributed by atoms with Gasteiger partial charge in [-0.25, -0.2) is 0 Å². The molecule has 0 saturated carbocycles. The summed E-state index contributed by atoms with van der Waals surface area (Å²) >= 11 is 0. The Morgan fingerprint density at radius 2 is 0.595 bits per heavy atom. The lowest BCUT2D eigenvalue weighted by Crippen LogP contribution is -2.45. The number of hydrogen-bond donors (Lipinski definition) is 3. The largest absolute Gasteiger partial charge is 0.466 e. The Hall–Kier alpha value is -1.66. The van der Waals surface area contributed by atoms with Crippen LogP contribution in [-0.2, 0) is 14.3 Å². The molecule has 0 saturated heterocycles. The summed E-state index contributed by atoms with van der Waals surface area (Å²) in [5, 5.41) is 23.3. The van der Waals surface area contributed by atoms with Crippen molar-refractivity contribution < 1.29 is 24.5 Å². The first-order valence-corrected chi connectivity index (χ1v) is 36.1. The van der Waals surface area contributed by atoms with Crippen molar-refractivity contribution in [2.24, 2.45) is 0 Å². The first kappa shape index (κ1) is 77.3. The summed E-state index contributed by atoms with van der Waals surface area (Å²) in [6.07, 6.45) is 86.9. The molecule has 0 aliphatic rings. The second kappa shape index (κ2) is 68.8. The van der Waals surface area contributed by atoms with Crippen molar-refractivity contribution in [3.05, 3.63) is 24.3 Å². The van der Waals surface area contributed by atoms with E-state index in [9.17, 15) is 19.8 Å². The van der Waals surface area contributed by atoms with Gasteiger partial charge in [-0.1, -0.05) is 359 Å². The third kappa shape index (κ3) is 65.4. The molecule has 0 heterocycles. The maximum Gasteiger partial charge on any atom is 0.305 e. The van der Waals surface area contributed by atoms with E-state index < -0.39 is 12.1 Å². The summed E-state index contributed by atoms with van der Waals surface area (Å²) < 4.78 is 5.48. The molecule has 2 atom stereocenters. The van der Waals surface area contributed by atoms with Crippen LogP contribution in [-0.4, -0.2) is 47.4 Å². The molecule has 2 unspecified atom stereocenters. The van der Waals surface area contributed by atoms with E-state index in [1.165, 1.54) is 334 Å². The van der Waals surface area contributed by atoms with Crippen molar-refractivity contribution in [3.8, 4) is 0 Å². The van der Waals surface area contributed by atoms with E-state index in [0.717, 1.165) is 44.9 Å². The fourth-order valence-electron chi connectivity index (χ4n) is 11.5. The lowest BCUT2D eigenvalue weighted by molar-refractivity contribution is -0.143. The van der Waals surface area contributed by atoms with Gasteiger partial charge in [0.1, 0.15) is 0 Å². The molecule has 0 rings (SSSR count). The maximum absolute atomic E-state index is 12.5. The van der Waals surface area contributed by atoms with Gasteiger partial charge >= 0.3 is 5.97 Å². The van der Waals surface area contributed by atoms with Gasteiger partial charge < -0.3 is 20.3 Å². The molecule has 0 aromatic rings. The Morgan fingerprint density at radius 1 is 0.342 bits per heavy atom. The number of carbonyl (C=O) groups is 2. The lowest BCUT2D eigenvalue weighted by Gasteiger charge is -2.20. The van der Waals surface area contributed by atoms with Crippen LogP contribution in [0.4, 0.5) is 0 Å². The molecule has 0 radical (unpaired) electrons. The fourth-order valence-corrected chi connectivity index (χ4v) is 11.5. The van der Waals surface area contributed by atoms with Crippen molar-refractivity contribution in [2.45, 2.75) is 418 Å². The van der Waals surface area contributed by atoms with Crippen molar-refractivity contribution in [3.63, 3.8) is 0 Å². The van der Waals surface area contributed by atoms with Crippen LogP contribution in [0.3, 0.4) is 0 Å². The summed E-state index contributed by atoms with van der Waals surface area (Å²) in [6, 6.07) is -0.627. The number of aliphatic hydroxyl groups is 2. The molecule has 0 aromatic heterocycles. The van der Waals surface area contributed by atoms with Crippen LogP contribution in [0, 0.1) is 0 Å². The van der Waals surface area contributed by atoms with Gasteiger partial charge in [0.25, 0.3) is 0 Å². The Balaban J connectivity index is 3.39. The van der Waals surface area contributed by atoms with Gasteiger partial charge in [0.2, 0.25) is 5.91 Å². The Morgan fingerprint density at radius 3 is 0.911 bits per heavy atom. The number of carbonyl (C=O) groups excluding carboxylic acids is 2. The monoisotopic (exact) mass is 1110 g/mol. The van der Waals surface area contributed by atoms with E-state index in [4.69, 9.17) is 4.74 Å². The minimum atomic E-state index is -0.844. The van der Waals surface area contributed by atoms with E-state index in [-0.39, 0.29) is 18.5 Å². The highest BCUT2D eigenvalue weighted by molar-refractivity contribution is 5.76. The Labute approximate surface area is 494 Å². The molecule has 468 valence electrons. The topological polar surface area (TPSA) is 95.9 Å². The molecule has 3 N–H and O–H groups in total. The first-order valence-electron chi connectivity index (χ1n) is 36.1. The van der Waals surface area contributed by atoms with Crippen LogP contribution in [0.15, 0.2) is 24.3 Å². The summed E-state index contributed by atoms with van der Waals surface area (Å²) in [5.74, 6) is -0.0528. The number of esters is 1. The highest BCUT2D eigenvalue weighted by atomic mass is 16.5. The molecule has 1 amide bonds. The van der Waals surface area contributed by atoms with Gasteiger partial charge in [0.15, 0.2) is 0 Å². The maximum atomic E-state index is 12.5. The molecular formula is C73H141NO5. The van der Waals surface area contributed by atoms with Gasteiger partial charge in [-0.15, -0.1) is 0 Å². The molecule has 6 heteroatoms. The Kier molecular flexibility index (Phi) is 67.4. The van der Waals surface area contributed by atoms with E-state index >= 15 is 0 Å². The molecule has 0 bridgehead atoms. The van der Waals surface area contributed by atoms with Crippen LogP contribution in [0.5, 0.6) is 0 Å². The summed E-state index contributed by atoms with van der Waals surface area (Å²) in [4.78, 5) is 24.6. The average molecular weight is 1110 g/mol. The molecule has 0 aromatic carbocycles. The van der Waals surface area contributed by atoms with Gasteiger partial charge in [-0.2, -0.15) is 0 Å². The zero-order valence-corrected chi connectivity index (χ0v) is 53.6. The molecular weight excluding hydrogens is 971 g/mol. The second-order valence-electron chi connectivity index (χ2n) is 24.9. The zero-order valence-electron chi connectivity index (χ0n) is 53.6. The molecule has 0 fully saturated rings. The number of rotatable bonds is 68. The van der Waals surface area contributed by atoms with Crippen molar-refractivity contribution >= 4 is 11.9 Å². The smallest absolute Gasteiger partial charge is 0.305 e. The summed E-state index contributed by atoms with van der Waals surface area (Å²) in [5.41, 5.74) is 0. The van der Waals surface area contributed by atoms with Gasteiger partial charge in [0, 0.05) is 12.8 Å². The van der Waals surface area contributed by atoms with E-state index in [1.54, 1.807) is 6.08 Å². The fraction of sp³-hybridized carbons (Fsp3) is 0.918. The quantitative estimate of drug-likeness (QED) is 0.0320. The van der Waals surface area contributed by atoms with Gasteiger partial charge in [-0.3, -0.25) is 9.59 Å². The zero-order chi connectivity index (χ0) is 57.1. The highest BCUT2D eigenvalue weighted by Crippen LogP contribution is 2.19. The number of unbranched alkanes of at least 4 members (excludes halogenated alkanes) is 55. The van der Waals surface area contributed by atoms with Crippen LogP contribution in [0.25, 0.3) is 0 Å². The standard InChI is InChI=1S/C73H141NO5/c1-3-5-7-9-11-13-15-17-18-19-20-21-26-29-32-35-38-42-45-49-53-57-61-65-71(76)70(69-75)74-72(77)66-62-58-54-50-46-43-39-36-33-30-27-24-22-23-25-28-31-34-37-40-44-48-52-56-60-64-68-79-73(78)67-63-59-55-51-47-41-16-14-12-10-8-6-4-2/h14,16,61,65,70-71,75-76H,3-13,15,17-60,62-64,66-69H2,1-2H3,(H,74,77)/b16-14-,65-61+. The average Bonchev–Trinajstić information content (AvgIpc) is 3.45. The predicted octanol–water partition coefficient (Wildman–Crippen LogP) is 23.3. The normalized spacial score (nSPS) is 12.6. The van der Waals surface area contributed by atoms with E-state index in [2.05, 4.69) is 31.3 Å². The third-order valence-corrected chi connectivity index (χ3v) is 17.0. The number of allylic oxidation sites excluding steroid dienone is 3. The Bertz CT molecular complexity index is 1230. The molecule has 0 spiro atoms. The van der Waals surface area contributed by atoms with E-state index in [1.807, 2.05) is 6.08 Å². The third-order valence-electron chi connectivity index (χ3n) is 17.0. The number of nitrogens with one attached hydrogen (secondary N) is 1. The molecule has 6 nitrogen and oxygen atoms in total. The predicted molar refractivity (Wildman–Crippen MR) is 347 cm³/mol. The van der Waals surface area contributed by atoms with Crippen molar-refractivity contribution in [1.82, 2.24) is 5.32 Å². The lowest BCUT2D eigenvalue weighted by atomic mass is 10.0. The second-order valence-corrected chi connectivity index (χ2v) is 24.9.